The molecule has 2 amide bonds. The number of aromatic hydroxyl groups is 1. The van der Waals surface area contributed by atoms with Crippen molar-refractivity contribution in [2.75, 3.05) is 20.6 Å². The molecule has 1 aliphatic heterocycles. The summed E-state index contributed by atoms with van der Waals surface area (Å²) in [6.45, 7) is 3.98. The molecule has 0 spiro atoms. The van der Waals surface area contributed by atoms with Crippen molar-refractivity contribution in [3.63, 3.8) is 0 Å². The number of aromatic nitrogens is 3. The van der Waals surface area contributed by atoms with Crippen LogP contribution in [0, 0.1) is 0 Å². The van der Waals surface area contributed by atoms with Crippen LogP contribution in [0.2, 0.25) is 0 Å². The van der Waals surface area contributed by atoms with Crippen LogP contribution in [-0.2, 0) is 9.59 Å². The molecule has 30 heavy (non-hydrogen) atoms. The van der Waals surface area contributed by atoms with Crippen LogP contribution in [-0.4, -0.2) is 68.6 Å². The number of fused-ring (bicyclic) bond motifs is 1. The fourth-order valence-corrected chi connectivity index (χ4v) is 3.95. The summed E-state index contributed by atoms with van der Waals surface area (Å²) in [5.41, 5.74) is 2.69. The van der Waals surface area contributed by atoms with Gasteiger partial charge in [0.25, 0.3) is 0 Å². The standard InChI is InChI=1S/C22H23N5O3/c1-4-20(29)27-12-14(11-18(27)22(30)26(2)3)16-9-13-10-17(24-25-21(13)23-16)15-7-5-6-8-19(15)28/h4-10,14,18,28H,1,11-12H2,2-3H3,(H,23,25)/t14-,18-/m1/s1. The third-order valence-corrected chi connectivity index (χ3v) is 5.50. The van der Waals surface area contributed by atoms with Crippen molar-refractivity contribution in [3.05, 3.63) is 54.7 Å². The molecule has 2 atom stereocenters. The number of aromatic amines is 1. The molecule has 2 N–H and O–H groups in total. The van der Waals surface area contributed by atoms with Gasteiger partial charge in [0.15, 0.2) is 5.65 Å². The summed E-state index contributed by atoms with van der Waals surface area (Å²) in [7, 11) is 3.37. The smallest absolute Gasteiger partial charge is 0.246 e. The molecule has 8 heteroatoms. The maximum atomic E-state index is 12.6. The Kier molecular flexibility index (Phi) is 4.99. The molecule has 0 aliphatic carbocycles. The molecule has 154 valence electrons. The molecule has 0 unspecified atom stereocenters. The number of nitrogens with one attached hydrogen (secondary N) is 1. The number of carbonyl (C=O) groups excluding carboxylic acids is 2. The van der Waals surface area contributed by atoms with Crippen molar-refractivity contribution >= 4 is 22.8 Å². The predicted molar refractivity (Wildman–Crippen MR) is 113 cm³/mol. The quantitative estimate of drug-likeness (QED) is 0.649. The van der Waals surface area contributed by atoms with E-state index in [0.717, 1.165) is 11.1 Å². The van der Waals surface area contributed by atoms with E-state index >= 15 is 0 Å². The number of nitrogens with zero attached hydrogens (tertiary/aromatic N) is 4. The Morgan fingerprint density at radius 3 is 2.73 bits per heavy atom. The van der Waals surface area contributed by atoms with Crippen LogP contribution in [0.1, 0.15) is 18.0 Å². The summed E-state index contributed by atoms with van der Waals surface area (Å²) in [5.74, 6) is -0.257. The van der Waals surface area contributed by atoms with Crippen molar-refractivity contribution in [3.8, 4) is 17.0 Å². The lowest BCUT2D eigenvalue weighted by Gasteiger charge is -2.24. The van der Waals surface area contributed by atoms with E-state index in [-0.39, 0.29) is 23.5 Å². The Morgan fingerprint density at radius 1 is 1.27 bits per heavy atom. The molecule has 3 aromatic rings. The number of H-pyrrole nitrogens is 1. The van der Waals surface area contributed by atoms with E-state index in [1.54, 1.807) is 37.2 Å². The molecule has 1 fully saturated rings. The number of para-hydroxylation sites is 1. The fraction of sp³-hybridized carbons (Fsp3) is 0.273. The number of hydrogen-bond donors (Lipinski definition) is 2. The zero-order chi connectivity index (χ0) is 21.4. The minimum Gasteiger partial charge on any atom is -0.507 e. The number of hydrogen-bond acceptors (Lipinski definition) is 5. The first-order valence-corrected chi connectivity index (χ1v) is 9.68. The molecule has 1 saturated heterocycles. The van der Waals surface area contributed by atoms with E-state index in [1.807, 2.05) is 18.2 Å². The maximum absolute atomic E-state index is 12.6. The zero-order valence-corrected chi connectivity index (χ0v) is 16.9. The van der Waals surface area contributed by atoms with Crippen LogP contribution >= 0.6 is 0 Å². The van der Waals surface area contributed by atoms with Gasteiger partial charge in [-0.15, -0.1) is 10.2 Å². The minimum absolute atomic E-state index is 0.0365. The van der Waals surface area contributed by atoms with Gasteiger partial charge in [0.1, 0.15) is 11.8 Å². The highest BCUT2D eigenvalue weighted by molar-refractivity contribution is 5.93. The number of carbonyl (C=O) groups is 2. The second kappa shape index (κ2) is 7.62. The van der Waals surface area contributed by atoms with Gasteiger partial charge in [-0.2, -0.15) is 0 Å². The minimum atomic E-state index is -0.523. The van der Waals surface area contributed by atoms with Gasteiger partial charge in [0.05, 0.1) is 5.69 Å². The van der Waals surface area contributed by atoms with Crippen molar-refractivity contribution in [2.45, 2.75) is 18.4 Å². The maximum Gasteiger partial charge on any atom is 0.246 e. The Hall–Kier alpha value is -3.68. The Balaban J connectivity index is 1.66. The number of likely N-dealkylation sites (tertiary alicyclic amines) is 1. The van der Waals surface area contributed by atoms with Gasteiger partial charge in [-0.3, -0.25) is 9.59 Å². The summed E-state index contributed by atoms with van der Waals surface area (Å²) in [5, 5.41) is 19.4. The Bertz CT molecular complexity index is 1140. The first-order valence-electron chi connectivity index (χ1n) is 9.68. The van der Waals surface area contributed by atoms with E-state index in [2.05, 4.69) is 21.8 Å². The van der Waals surface area contributed by atoms with Crippen LogP contribution in [0.4, 0.5) is 0 Å². The molecule has 4 rings (SSSR count). The Labute approximate surface area is 173 Å². The normalized spacial score (nSPS) is 18.5. The van der Waals surface area contributed by atoms with Crippen molar-refractivity contribution in [1.82, 2.24) is 25.0 Å². The van der Waals surface area contributed by atoms with Crippen molar-refractivity contribution < 1.29 is 14.7 Å². The van der Waals surface area contributed by atoms with Gasteiger partial charge in [0.2, 0.25) is 11.8 Å². The highest BCUT2D eigenvalue weighted by atomic mass is 16.3. The highest BCUT2D eigenvalue weighted by Gasteiger charge is 2.40. The first kappa shape index (κ1) is 19.6. The highest BCUT2D eigenvalue weighted by Crippen LogP contribution is 2.34. The largest absolute Gasteiger partial charge is 0.507 e. The van der Waals surface area contributed by atoms with Gasteiger partial charge in [-0.1, -0.05) is 18.7 Å². The average Bonchev–Trinajstić information content (AvgIpc) is 3.36. The van der Waals surface area contributed by atoms with Gasteiger partial charge < -0.3 is 19.9 Å². The summed E-state index contributed by atoms with van der Waals surface area (Å²) >= 11 is 0. The van der Waals surface area contributed by atoms with Crippen molar-refractivity contribution in [2.24, 2.45) is 0 Å². The van der Waals surface area contributed by atoms with Gasteiger partial charge in [-0.05, 0) is 36.8 Å². The SMILES string of the molecule is C=CC(=O)N1C[C@H](c2cc3cc(-c4ccccc4O)nnc3[nH]2)C[C@@H]1C(=O)N(C)C. The van der Waals surface area contributed by atoms with Crippen LogP contribution in [0.3, 0.4) is 0 Å². The lowest BCUT2D eigenvalue weighted by atomic mass is 10.0. The van der Waals surface area contributed by atoms with Gasteiger partial charge in [0, 0.05) is 43.2 Å². The fourth-order valence-electron chi connectivity index (χ4n) is 3.95. The van der Waals surface area contributed by atoms with Crippen LogP contribution in [0.5, 0.6) is 5.75 Å². The molecule has 0 bridgehead atoms. The summed E-state index contributed by atoms with van der Waals surface area (Å²) in [6, 6.07) is 10.3. The van der Waals surface area contributed by atoms with Crippen LogP contribution in [0.15, 0.2) is 49.1 Å². The van der Waals surface area contributed by atoms with E-state index < -0.39 is 6.04 Å². The van der Waals surface area contributed by atoms with Crippen molar-refractivity contribution in [1.29, 1.82) is 0 Å². The number of phenolic OH excluding ortho intramolecular Hbond substituents is 1. The molecule has 2 aromatic heterocycles. The average molecular weight is 405 g/mol. The molecule has 0 radical (unpaired) electrons. The molecule has 1 aromatic carbocycles. The molecule has 0 saturated carbocycles. The first-order chi connectivity index (χ1) is 14.4. The number of benzene rings is 1. The van der Waals surface area contributed by atoms with E-state index in [1.165, 1.54) is 11.0 Å². The zero-order valence-electron chi connectivity index (χ0n) is 16.9. The van der Waals surface area contributed by atoms with Crippen LogP contribution < -0.4 is 0 Å². The third kappa shape index (κ3) is 3.41. The van der Waals surface area contributed by atoms with Crippen LogP contribution in [0.25, 0.3) is 22.3 Å². The Morgan fingerprint density at radius 2 is 2.03 bits per heavy atom. The van der Waals surface area contributed by atoms with E-state index in [4.69, 9.17) is 0 Å². The van der Waals surface area contributed by atoms with E-state index in [9.17, 15) is 14.7 Å². The molecular formula is C22H23N5O3. The second-order valence-corrected chi connectivity index (χ2v) is 7.65. The lowest BCUT2D eigenvalue weighted by Crippen LogP contribution is -2.44. The topological polar surface area (TPSA) is 102 Å². The third-order valence-electron chi connectivity index (χ3n) is 5.50. The number of rotatable bonds is 4. The number of amides is 2. The molecule has 3 heterocycles. The summed E-state index contributed by atoms with van der Waals surface area (Å²) in [6.07, 6.45) is 1.76. The monoisotopic (exact) mass is 405 g/mol. The lowest BCUT2D eigenvalue weighted by molar-refractivity contribution is -0.139. The van der Waals surface area contributed by atoms with E-state index in [0.29, 0.717) is 29.9 Å². The summed E-state index contributed by atoms with van der Waals surface area (Å²) < 4.78 is 0. The molecule has 8 nitrogen and oxygen atoms in total. The molecule has 1 aliphatic rings. The number of phenols is 1. The second-order valence-electron chi connectivity index (χ2n) is 7.65. The predicted octanol–water partition coefficient (Wildman–Crippen LogP) is 2.29. The molecular weight excluding hydrogens is 382 g/mol. The van der Waals surface area contributed by atoms with Gasteiger partial charge in [-0.25, -0.2) is 0 Å². The number of likely N-dealkylation sites (N-methyl/N-ethyl adjacent to an activating group) is 1. The van der Waals surface area contributed by atoms with Gasteiger partial charge >= 0.3 is 0 Å². The summed E-state index contributed by atoms with van der Waals surface area (Å²) in [4.78, 5) is 31.3.